The van der Waals surface area contributed by atoms with Gasteiger partial charge in [-0.2, -0.15) is 5.10 Å². The van der Waals surface area contributed by atoms with E-state index >= 15 is 0 Å². The summed E-state index contributed by atoms with van der Waals surface area (Å²) in [6.07, 6.45) is 1.73. The van der Waals surface area contributed by atoms with E-state index in [1.54, 1.807) is 6.20 Å². The molecule has 1 saturated heterocycles. The van der Waals surface area contributed by atoms with E-state index in [0.717, 1.165) is 24.5 Å². The van der Waals surface area contributed by atoms with Crippen LogP contribution in [0.2, 0.25) is 0 Å². The Morgan fingerprint density at radius 2 is 2.13 bits per heavy atom. The van der Waals surface area contributed by atoms with Gasteiger partial charge in [0.1, 0.15) is 11.5 Å². The van der Waals surface area contributed by atoms with E-state index in [9.17, 15) is 9.59 Å². The van der Waals surface area contributed by atoms with Crippen molar-refractivity contribution in [3.05, 3.63) is 52.1 Å². The van der Waals surface area contributed by atoms with E-state index in [1.807, 2.05) is 12.1 Å². The molecule has 1 aliphatic heterocycles. The van der Waals surface area contributed by atoms with Crippen LogP contribution in [-0.2, 0) is 11.3 Å². The number of aromatic amines is 1. The lowest BCUT2D eigenvalue weighted by Crippen LogP contribution is -2.36. The molecule has 8 heteroatoms. The number of carbonyl (C=O) groups excluding carboxylic acids is 1. The fourth-order valence-electron chi connectivity index (χ4n) is 2.28. The highest BCUT2D eigenvalue weighted by Crippen LogP contribution is 2.14. The number of anilines is 1. The number of morpholine rings is 1. The minimum Gasteiger partial charge on any atom is -0.378 e. The zero-order valence-corrected chi connectivity index (χ0v) is 12.5. The van der Waals surface area contributed by atoms with Crippen LogP contribution in [0, 0.1) is 0 Å². The molecule has 120 valence electrons. The number of nitrogens with one attached hydrogen (secondary N) is 2. The summed E-state index contributed by atoms with van der Waals surface area (Å²) < 4.78 is 5.33. The molecule has 2 N–H and O–H groups in total. The second kappa shape index (κ2) is 7.01. The van der Waals surface area contributed by atoms with Gasteiger partial charge in [0.15, 0.2) is 0 Å². The molecule has 1 amide bonds. The molecule has 0 saturated carbocycles. The standard InChI is InChI=1S/C15H17N5O3/c21-14-2-1-12(18-19-14)15(22)17-10-11-3-4-16-13(9-11)20-5-7-23-8-6-20/h1-4,9H,5-8,10H2,(H,17,22)(H,19,21). The van der Waals surface area contributed by atoms with Crippen LogP contribution < -0.4 is 15.8 Å². The Kier molecular flexibility index (Phi) is 4.62. The first kappa shape index (κ1) is 15.2. The highest BCUT2D eigenvalue weighted by Gasteiger charge is 2.13. The first-order chi connectivity index (χ1) is 11.2. The third kappa shape index (κ3) is 3.92. The Balaban J connectivity index is 1.62. The van der Waals surface area contributed by atoms with Gasteiger partial charge in [0.2, 0.25) is 0 Å². The van der Waals surface area contributed by atoms with Crippen LogP contribution in [0.25, 0.3) is 0 Å². The molecule has 0 unspecified atom stereocenters. The predicted molar refractivity (Wildman–Crippen MR) is 83.3 cm³/mol. The third-order valence-electron chi connectivity index (χ3n) is 3.51. The molecule has 1 fully saturated rings. The Morgan fingerprint density at radius 1 is 1.30 bits per heavy atom. The molecule has 2 aromatic rings. The van der Waals surface area contributed by atoms with Crippen molar-refractivity contribution in [2.24, 2.45) is 0 Å². The quantitative estimate of drug-likeness (QED) is 0.819. The van der Waals surface area contributed by atoms with Gasteiger partial charge < -0.3 is 15.0 Å². The molecule has 3 rings (SSSR count). The van der Waals surface area contributed by atoms with Crippen molar-refractivity contribution in [2.75, 3.05) is 31.2 Å². The molecular formula is C15H17N5O3. The van der Waals surface area contributed by atoms with Crippen LogP contribution in [0.3, 0.4) is 0 Å². The fraction of sp³-hybridized carbons (Fsp3) is 0.333. The van der Waals surface area contributed by atoms with E-state index < -0.39 is 0 Å². The molecule has 1 aliphatic rings. The second-order valence-corrected chi connectivity index (χ2v) is 5.11. The second-order valence-electron chi connectivity index (χ2n) is 5.11. The first-order valence-electron chi connectivity index (χ1n) is 7.34. The van der Waals surface area contributed by atoms with Gasteiger partial charge in [-0.1, -0.05) is 0 Å². The van der Waals surface area contributed by atoms with Crippen LogP contribution in [0.4, 0.5) is 5.82 Å². The molecule has 2 aromatic heterocycles. The van der Waals surface area contributed by atoms with Gasteiger partial charge in [-0.15, -0.1) is 0 Å². The maximum Gasteiger partial charge on any atom is 0.271 e. The van der Waals surface area contributed by atoms with Gasteiger partial charge in [-0.3, -0.25) is 9.59 Å². The molecule has 0 aliphatic carbocycles. The van der Waals surface area contributed by atoms with Crippen molar-refractivity contribution >= 4 is 11.7 Å². The number of nitrogens with zero attached hydrogens (tertiary/aromatic N) is 3. The minimum atomic E-state index is -0.342. The van der Waals surface area contributed by atoms with Crippen molar-refractivity contribution < 1.29 is 9.53 Å². The molecule has 0 spiro atoms. The number of hydrogen-bond acceptors (Lipinski definition) is 6. The predicted octanol–water partition coefficient (Wildman–Crippen LogP) is -0.0685. The van der Waals surface area contributed by atoms with Crippen molar-refractivity contribution in [1.82, 2.24) is 20.5 Å². The smallest absolute Gasteiger partial charge is 0.271 e. The number of aromatic nitrogens is 3. The van der Waals surface area contributed by atoms with Crippen LogP contribution in [0.1, 0.15) is 16.1 Å². The monoisotopic (exact) mass is 315 g/mol. The Morgan fingerprint density at radius 3 is 2.87 bits per heavy atom. The van der Waals surface area contributed by atoms with Crippen molar-refractivity contribution in [1.29, 1.82) is 0 Å². The lowest BCUT2D eigenvalue weighted by atomic mass is 10.2. The summed E-state index contributed by atoms with van der Waals surface area (Å²) >= 11 is 0. The van der Waals surface area contributed by atoms with E-state index in [4.69, 9.17) is 4.74 Å². The van der Waals surface area contributed by atoms with Crippen LogP contribution in [0.15, 0.2) is 35.3 Å². The minimum absolute atomic E-state index is 0.173. The molecule has 0 bridgehead atoms. The largest absolute Gasteiger partial charge is 0.378 e. The van der Waals surface area contributed by atoms with Gasteiger partial charge in [-0.05, 0) is 23.8 Å². The topological polar surface area (TPSA) is 100 Å². The average molecular weight is 315 g/mol. The lowest BCUT2D eigenvalue weighted by Gasteiger charge is -2.28. The summed E-state index contributed by atoms with van der Waals surface area (Å²) in [5.74, 6) is 0.535. The maximum absolute atomic E-state index is 12.0. The number of rotatable bonds is 4. The van der Waals surface area contributed by atoms with Gasteiger partial charge >= 0.3 is 0 Å². The van der Waals surface area contributed by atoms with E-state index in [1.165, 1.54) is 12.1 Å². The van der Waals surface area contributed by atoms with Crippen LogP contribution in [0.5, 0.6) is 0 Å². The zero-order valence-electron chi connectivity index (χ0n) is 12.5. The molecular weight excluding hydrogens is 298 g/mol. The molecule has 3 heterocycles. The molecule has 23 heavy (non-hydrogen) atoms. The number of H-pyrrole nitrogens is 1. The van der Waals surface area contributed by atoms with Crippen molar-refractivity contribution in [2.45, 2.75) is 6.54 Å². The van der Waals surface area contributed by atoms with Crippen LogP contribution >= 0.6 is 0 Å². The van der Waals surface area contributed by atoms with Gasteiger partial charge in [-0.25, -0.2) is 10.1 Å². The van der Waals surface area contributed by atoms with E-state index in [-0.39, 0.29) is 17.2 Å². The summed E-state index contributed by atoms with van der Waals surface area (Å²) in [5, 5.41) is 8.70. The summed E-state index contributed by atoms with van der Waals surface area (Å²) in [6, 6.07) is 6.46. The van der Waals surface area contributed by atoms with Gasteiger partial charge in [0.25, 0.3) is 11.5 Å². The molecule has 0 radical (unpaired) electrons. The lowest BCUT2D eigenvalue weighted by molar-refractivity contribution is 0.0945. The number of amides is 1. The van der Waals surface area contributed by atoms with Crippen molar-refractivity contribution in [3.63, 3.8) is 0 Å². The number of ether oxygens (including phenoxy) is 1. The van der Waals surface area contributed by atoms with Gasteiger partial charge in [0, 0.05) is 31.9 Å². The maximum atomic E-state index is 12.0. The summed E-state index contributed by atoms with van der Waals surface area (Å²) in [5.41, 5.74) is 0.775. The zero-order chi connectivity index (χ0) is 16.1. The molecule has 0 atom stereocenters. The van der Waals surface area contributed by atoms with E-state index in [0.29, 0.717) is 19.8 Å². The highest BCUT2D eigenvalue weighted by molar-refractivity contribution is 5.91. The molecule has 0 aromatic carbocycles. The van der Waals surface area contributed by atoms with E-state index in [2.05, 4.69) is 25.4 Å². The first-order valence-corrected chi connectivity index (χ1v) is 7.34. The SMILES string of the molecule is O=C(NCc1ccnc(N2CCOCC2)c1)c1ccc(=O)[nH]n1. The Hall–Kier alpha value is -2.74. The summed E-state index contributed by atoms with van der Waals surface area (Å²) in [4.78, 5) is 29.4. The number of hydrogen-bond donors (Lipinski definition) is 2. The highest BCUT2D eigenvalue weighted by atomic mass is 16.5. The Labute approximate surface area is 132 Å². The summed E-state index contributed by atoms with van der Waals surface area (Å²) in [6.45, 7) is 3.37. The summed E-state index contributed by atoms with van der Waals surface area (Å²) in [7, 11) is 0. The van der Waals surface area contributed by atoms with Crippen molar-refractivity contribution in [3.8, 4) is 0 Å². The normalized spacial score (nSPS) is 14.5. The fourth-order valence-corrected chi connectivity index (χ4v) is 2.28. The van der Waals surface area contributed by atoms with Gasteiger partial charge in [0.05, 0.1) is 13.2 Å². The third-order valence-corrected chi connectivity index (χ3v) is 3.51. The molecule has 8 nitrogen and oxygen atoms in total. The van der Waals surface area contributed by atoms with Crippen LogP contribution in [-0.4, -0.2) is 47.4 Å². The average Bonchev–Trinajstić information content (AvgIpc) is 2.61. The number of pyridine rings is 1. The Bertz CT molecular complexity index is 719. The number of carbonyl (C=O) groups is 1.